The van der Waals surface area contributed by atoms with Crippen molar-refractivity contribution in [2.24, 2.45) is 0 Å². The van der Waals surface area contributed by atoms with E-state index in [1.807, 2.05) is 0 Å². The third-order valence-electron chi connectivity index (χ3n) is 5.73. The van der Waals surface area contributed by atoms with Crippen LogP contribution in [0.25, 0.3) is 0 Å². The Kier molecular flexibility index (Phi) is 25.6. The van der Waals surface area contributed by atoms with Gasteiger partial charge < -0.3 is 15.2 Å². The number of nitrogens with one attached hydrogen (secondary N) is 1. The summed E-state index contributed by atoms with van der Waals surface area (Å²) in [5.74, 6) is -1.41. The third-order valence-corrected chi connectivity index (χ3v) is 6.56. The summed E-state index contributed by atoms with van der Waals surface area (Å²) < 4.78 is -1.86. The van der Waals surface area contributed by atoms with E-state index in [1.165, 1.54) is 77.0 Å². The molecule has 0 heterocycles. The zero-order valence-corrected chi connectivity index (χ0v) is 23.6. The van der Waals surface area contributed by atoms with Gasteiger partial charge in [0, 0.05) is 6.04 Å². The average molecular weight is 475 g/mol. The van der Waals surface area contributed by atoms with Crippen LogP contribution in [0, 0.1) is 0 Å². The molecular weight excluding hydrogens is 428 g/mol. The van der Waals surface area contributed by atoms with E-state index < -0.39 is 16.3 Å². The van der Waals surface area contributed by atoms with Crippen molar-refractivity contribution in [2.45, 2.75) is 140 Å². The van der Waals surface area contributed by atoms with Crippen molar-refractivity contribution in [3.8, 4) is 0 Å². The zero-order chi connectivity index (χ0) is 21.8. The predicted molar refractivity (Wildman–Crippen MR) is 126 cm³/mol. The van der Waals surface area contributed by atoms with Crippen LogP contribution in [-0.4, -0.2) is 22.9 Å². The first-order chi connectivity index (χ1) is 14.0. The molecule has 1 atom stereocenters. The number of carbonyl (C=O) groups excluding carboxylic acids is 1. The van der Waals surface area contributed by atoms with Crippen LogP contribution in [0.4, 0.5) is 0 Å². The first-order valence-electron chi connectivity index (χ1n) is 12.3. The Morgan fingerprint density at radius 3 is 1.50 bits per heavy atom. The summed E-state index contributed by atoms with van der Waals surface area (Å²) >= 11 is 12.0. The molecule has 0 saturated carbocycles. The smallest absolute Gasteiger partial charge is 0.547 e. The van der Waals surface area contributed by atoms with Gasteiger partial charge in [-0.3, -0.25) is 0 Å². The van der Waals surface area contributed by atoms with Gasteiger partial charge in [0.15, 0.2) is 4.33 Å². The minimum Gasteiger partial charge on any atom is -0.547 e. The molecule has 1 N–H and O–H groups in total. The molecule has 0 aromatic heterocycles. The number of carboxylic acids is 1. The summed E-state index contributed by atoms with van der Waals surface area (Å²) in [5, 5.41) is 14.5. The summed E-state index contributed by atoms with van der Waals surface area (Å²) in [6.45, 7) is 5.14. The first-order valence-corrected chi connectivity index (χ1v) is 13.0. The second kappa shape index (κ2) is 23.2. The summed E-state index contributed by atoms with van der Waals surface area (Å²) in [6, 6.07) is -0.454. The Balaban J connectivity index is 0. The molecule has 0 rings (SSSR count). The molecule has 0 aromatic carbocycles. The molecule has 3 nitrogen and oxygen atoms in total. The predicted octanol–water partition coefficient (Wildman–Crippen LogP) is 3.93. The molecule has 6 heteroatoms. The fourth-order valence-electron chi connectivity index (χ4n) is 3.75. The molecule has 1 unspecified atom stereocenters. The quantitative estimate of drug-likeness (QED) is 0.147. The van der Waals surface area contributed by atoms with Crippen LogP contribution >= 0.6 is 23.2 Å². The standard InChI is InChI=1S/C24H47Cl2NO2.Na/c1-3-5-7-8-9-10-11-12-13-14-15-16-17-19-21-27-22(20-18-6-4-2)24(25,26)23(28)29;/h22,27H,3-21H2,1-2H3,(H,28,29);/q;+1/p-1. The molecule has 0 saturated heterocycles. The van der Waals surface area contributed by atoms with Crippen LogP contribution < -0.4 is 40.0 Å². The van der Waals surface area contributed by atoms with Gasteiger partial charge in [0.05, 0.1) is 5.97 Å². The van der Waals surface area contributed by atoms with Gasteiger partial charge >= 0.3 is 29.6 Å². The molecule has 0 aliphatic rings. The van der Waals surface area contributed by atoms with Crippen LogP contribution in [0.3, 0.4) is 0 Å². The van der Waals surface area contributed by atoms with Crippen molar-refractivity contribution in [3.63, 3.8) is 0 Å². The Morgan fingerprint density at radius 1 is 0.733 bits per heavy atom. The SMILES string of the molecule is CCCCCCCCCCCCCCCCNC(CCCCC)C(Cl)(Cl)C(=O)[O-].[Na+]. The fraction of sp³-hybridized carbons (Fsp3) is 0.958. The van der Waals surface area contributed by atoms with E-state index in [2.05, 4.69) is 19.2 Å². The van der Waals surface area contributed by atoms with Crippen LogP contribution in [0.1, 0.15) is 129 Å². The zero-order valence-electron chi connectivity index (χ0n) is 20.1. The second-order valence-electron chi connectivity index (χ2n) is 8.51. The van der Waals surface area contributed by atoms with E-state index in [-0.39, 0.29) is 29.6 Å². The van der Waals surface area contributed by atoms with Gasteiger partial charge in [-0.1, -0.05) is 140 Å². The van der Waals surface area contributed by atoms with Crippen LogP contribution in [0.2, 0.25) is 0 Å². The van der Waals surface area contributed by atoms with Gasteiger partial charge in [-0.05, 0) is 19.4 Å². The van der Waals surface area contributed by atoms with Gasteiger partial charge in [0.25, 0.3) is 0 Å². The van der Waals surface area contributed by atoms with Crippen molar-refractivity contribution in [1.82, 2.24) is 5.32 Å². The maximum Gasteiger partial charge on any atom is 1.00 e. The number of halogens is 2. The molecule has 0 amide bonds. The average Bonchev–Trinajstić information content (AvgIpc) is 2.69. The van der Waals surface area contributed by atoms with Crippen molar-refractivity contribution in [3.05, 3.63) is 0 Å². The molecule has 174 valence electrons. The fourth-order valence-corrected chi connectivity index (χ4v) is 4.12. The van der Waals surface area contributed by atoms with E-state index in [4.69, 9.17) is 23.2 Å². The van der Waals surface area contributed by atoms with E-state index >= 15 is 0 Å². The molecule has 0 bridgehead atoms. The number of hydrogen-bond donors (Lipinski definition) is 1. The number of unbranched alkanes of at least 4 members (excludes halogenated alkanes) is 15. The Labute approximate surface area is 219 Å². The number of rotatable bonds is 22. The summed E-state index contributed by atoms with van der Waals surface area (Å²) in [4.78, 5) is 11.2. The van der Waals surface area contributed by atoms with E-state index in [9.17, 15) is 9.90 Å². The van der Waals surface area contributed by atoms with Crippen molar-refractivity contribution < 1.29 is 39.5 Å². The summed E-state index contributed by atoms with van der Waals surface area (Å²) in [6.07, 6.45) is 22.3. The number of carboxylic acid groups (broad SMARTS) is 1. The normalized spacial score (nSPS) is 12.5. The molecule has 0 spiro atoms. The first kappa shape index (κ1) is 33.2. The largest absolute Gasteiger partial charge is 1.00 e. The Hall–Kier alpha value is 1.01. The molecular formula is C24H46Cl2NNaO2. The second-order valence-corrected chi connectivity index (χ2v) is 9.89. The Bertz CT molecular complexity index is 384. The van der Waals surface area contributed by atoms with E-state index in [1.54, 1.807) is 0 Å². The van der Waals surface area contributed by atoms with Gasteiger partial charge in [-0.2, -0.15) is 0 Å². The minimum atomic E-state index is -1.86. The van der Waals surface area contributed by atoms with Crippen molar-refractivity contribution in [2.75, 3.05) is 6.54 Å². The van der Waals surface area contributed by atoms with Gasteiger partial charge in [0.2, 0.25) is 0 Å². The number of aliphatic carboxylic acids is 1. The maximum absolute atomic E-state index is 11.2. The number of hydrogen-bond acceptors (Lipinski definition) is 3. The van der Waals surface area contributed by atoms with Gasteiger partial charge in [-0.25, -0.2) is 0 Å². The van der Waals surface area contributed by atoms with Gasteiger partial charge in [-0.15, -0.1) is 0 Å². The van der Waals surface area contributed by atoms with Gasteiger partial charge in [0.1, 0.15) is 0 Å². The number of carbonyl (C=O) groups is 1. The van der Waals surface area contributed by atoms with E-state index in [0.717, 1.165) is 38.6 Å². The summed E-state index contributed by atoms with van der Waals surface area (Å²) in [5.41, 5.74) is 0. The molecule has 0 aromatic rings. The maximum atomic E-state index is 11.2. The monoisotopic (exact) mass is 473 g/mol. The van der Waals surface area contributed by atoms with Crippen LogP contribution in [0.15, 0.2) is 0 Å². The van der Waals surface area contributed by atoms with Crippen LogP contribution in [-0.2, 0) is 4.79 Å². The number of alkyl halides is 2. The topological polar surface area (TPSA) is 52.2 Å². The molecule has 0 radical (unpaired) electrons. The molecule has 0 aliphatic heterocycles. The minimum absolute atomic E-state index is 0. The van der Waals surface area contributed by atoms with Crippen LogP contribution in [0.5, 0.6) is 0 Å². The summed E-state index contributed by atoms with van der Waals surface area (Å²) in [7, 11) is 0. The third kappa shape index (κ3) is 18.6. The van der Waals surface area contributed by atoms with Crippen molar-refractivity contribution >= 4 is 29.2 Å². The Morgan fingerprint density at radius 2 is 1.10 bits per heavy atom. The van der Waals surface area contributed by atoms with E-state index in [0.29, 0.717) is 6.42 Å². The molecule has 30 heavy (non-hydrogen) atoms. The molecule has 0 fully saturated rings. The van der Waals surface area contributed by atoms with Crippen molar-refractivity contribution in [1.29, 1.82) is 0 Å². The molecule has 0 aliphatic carbocycles.